The predicted octanol–water partition coefficient (Wildman–Crippen LogP) is 2.81. The van der Waals surface area contributed by atoms with Gasteiger partial charge in [-0.2, -0.15) is 0 Å². The van der Waals surface area contributed by atoms with Gasteiger partial charge in [0.25, 0.3) is 11.8 Å². The Morgan fingerprint density at radius 3 is 2.64 bits per heavy atom. The Kier molecular flexibility index (Phi) is 5.81. The van der Waals surface area contributed by atoms with Gasteiger partial charge in [0.05, 0.1) is 10.0 Å². The molecule has 7 nitrogen and oxygen atoms in total. The van der Waals surface area contributed by atoms with Crippen LogP contribution in [0.3, 0.4) is 0 Å². The maximum absolute atomic E-state index is 12.2. The van der Waals surface area contributed by atoms with Gasteiger partial charge in [0, 0.05) is 0 Å². The number of phenolic OH excluding ortho intramolecular Hbond substituents is 1. The van der Waals surface area contributed by atoms with Crippen molar-refractivity contribution >= 4 is 50.1 Å². The normalized spacial score (nSPS) is 11.6. The zero-order valence-corrected chi connectivity index (χ0v) is 15.7. The largest absolute Gasteiger partial charge is 0.506 e. The Bertz CT molecular complexity index is 849. The van der Waals surface area contributed by atoms with Crippen molar-refractivity contribution in [1.29, 1.82) is 0 Å². The highest BCUT2D eigenvalue weighted by Crippen LogP contribution is 2.30. The van der Waals surface area contributed by atoms with Gasteiger partial charge in [0.1, 0.15) is 16.3 Å². The lowest BCUT2D eigenvalue weighted by molar-refractivity contribution is -0.123. The van der Waals surface area contributed by atoms with Gasteiger partial charge in [-0.1, -0.05) is 0 Å². The number of carbonyl (C=O) groups excluding carboxylic acids is 3. The van der Waals surface area contributed by atoms with Crippen LogP contribution < -0.4 is 11.1 Å². The number of rotatable bonds is 5. The van der Waals surface area contributed by atoms with E-state index >= 15 is 0 Å². The fourth-order valence-corrected chi connectivity index (χ4v) is 3.35. The van der Waals surface area contributed by atoms with E-state index in [0.29, 0.717) is 4.47 Å². The van der Waals surface area contributed by atoms with Gasteiger partial charge in [0.2, 0.25) is 0 Å². The molecule has 9 heteroatoms. The number of esters is 1. The number of anilines is 1. The molecule has 1 aromatic heterocycles. The molecule has 2 rings (SSSR count). The number of benzene rings is 1. The number of nitrogens with one attached hydrogen (secondary N) is 1. The van der Waals surface area contributed by atoms with Crippen molar-refractivity contribution < 1.29 is 24.2 Å². The van der Waals surface area contributed by atoms with Crippen LogP contribution in [0, 0.1) is 6.92 Å². The second kappa shape index (κ2) is 7.66. The average molecular weight is 427 g/mol. The number of phenols is 1. The Balaban J connectivity index is 2.10. The SMILES string of the molecule is Cc1cc(Br)c(O)c(C(=O)OC(C)C(=O)Nc2sccc2C(N)=O)c1. The molecule has 2 aromatic rings. The lowest BCUT2D eigenvalue weighted by Crippen LogP contribution is -2.30. The fourth-order valence-electron chi connectivity index (χ4n) is 1.98. The fraction of sp³-hybridized carbons (Fsp3) is 0.188. The van der Waals surface area contributed by atoms with Gasteiger partial charge >= 0.3 is 5.97 Å². The monoisotopic (exact) mass is 426 g/mol. The zero-order valence-electron chi connectivity index (χ0n) is 13.3. The highest BCUT2D eigenvalue weighted by atomic mass is 79.9. The molecule has 0 saturated carbocycles. The van der Waals surface area contributed by atoms with E-state index in [1.807, 2.05) is 0 Å². The molecule has 0 bridgehead atoms. The minimum absolute atomic E-state index is 0.0551. The second-order valence-corrected chi connectivity index (χ2v) is 6.98. The lowest BCUT2D eigenvalue weighted by Gasteiger charge is -2.14. The van der Waals surface area contributed by atoms with Crippen molar-refractivity contribution in [2.45, 2.75) is 20.0 Å². The summed E-state index contributed by atoms with van der Waals surface area (Å²) in [7, 11) is 0. The van der Waals surface area contributed by atoms with Gasteiger partial charge in [0.15, 0.2) is 6.10 Å². The molecule has 4 N–H and O–H groups in total. The van der Waals surface area contributed by atoms with E-state index in [1.54, 1.807) is 18.4 Å². The van der Waals surface area contributed by atoms with Crippen LogP contribution >= 0.6 is 27.3 Å². The first kappa shape index (κ1) is 18.9. The molecular weight excluding hydrogens is 412 g/mol. The number of amides is 2. The van der Waals surface area contributed by atoms with E-state index in [4.69, 9.17) is 10.5 Å². The molecule has 0 aliphatic carbocycles. The van der Waals surface area contributed by atoms with Crippen LogP contribution in [-0.2, 0) is 9.53 Å². The molecule has 1 heterocycles. The first-order chi connectivity index (χ1) is 11.7. The molecule has 1 atom stereocenters. The quantitative estimate of drug-likeness (QED) is 0.635. The molecule has 0 spiro atoms. The minimum atomic E-state index is -1.14. The van der Waals surface area contributed by atoms with Crippen LogP contribution in [0.25, 0.3) is 0 Å². The molecule has 0 aliphatic rings. The highest BCUT2D eigenvalue weighted by molar-refractivity contribution is 9.10. The topological polar surface area (TPSA) is 119 Å². The second-order valence-electron chi connectivity index (χ2n) is 5.21. The van der Waals surface area contributed by atoms with Crippen molar-refractivity contribution in [2.75, 3.05) is 5.32 Å². The number of hydrogen-bond acceptors (Lipinski definition) is 6. The van der Waals surface area contributed by atoms with Crippen LogP contribution in [-0.4, -0.2) is 29.0 Å². The standard InChI is InChI=1S/C16H15BrN2O5S/c1-7-5-10(12(20)11(17)6-7)16(23)24-8(2)14(22)19-15-9(13(18)21)3-4-25-15/h3-6,8,20H,1-2H3,(H2,18,21)(H,19,22). The highest BCUT2D eigenvalue weighted by Gasteiger charge is 2.23. The number of nitrogens with two attached hydrogens (primary N) is 1. The average Bonchev–Trinajstić information content (AvgIpc) is 2.98. The summed E-state index contributed by atoms with van der Waals surface area (Å²) in [4.78, 5) is 35.6. The van der Waals surface area contributed by atoms with Crippen LogP contribution in [0.1, 0.15) is 33.2 Å². The maximum atomic E-state index is 12.2. The van der Waals surface area contributed by atoms with Crippen LogP contribution in [0.5, 0.6) is 5.75 Å². The first-order valence-electron chi connectivity index (χ1n) is 7.09. The molecule has 132 valence electrons. The van der Waals surface area contributed by atoms with Crippen molar-refractivity contribution in [2.24, 2.45) is 5.73 Å². The third-order valence-corrected chi connectivity index (χ3v) is 4.68. The number of halogens is 1. The predicted molar refractivity (Wildman–Crippen MR) is 96.9 cm³/mol. The third kappa shape index (κ3) is 4.37. The van der Waals surface area contributed by atoms with Gasteiger partial charge < -0.3 is 20.9 Å². The van der Waals surface area contributed by atoms with Crippen molar-refractivity contribution in [3.05, 3.63) is 44.7 Å². The Labute approximate surface area is 155 Å². The zero-order chi connectivity index (χ0) is 18.7. The summed E-state index contributed by atoms with van der Waals surface area (Å²) in [5.41, 5.74) is 6.07. The number of aromatic hydroxyl groups is 1. The number of thiophene rings is 1. The van der Waals surface area contributed by atoms with Crippen molar-refractivity contribution in [3.63, 3.8) is 0 Å². The number of carbonyl (C=O) groups is 3. The Morgan fingerprint density at radius 1 is 1.32 bits per heavy atom. The molecule has 25 heavy (non-hydrogen) atoms. The van der Waals surface area contributed by atoms with E-state index in [0.717, 1.165) is 16.9 Å². The van der Waals surface area contributed by atoms with Gasteiger partial charge in [-0.15, -0.1) is 11.3 Å². The van der Waals surface area contributed by atoms with E-state index in [2.05, 4.69) is 21.2 Å². The van der Waals surface area contributed by atoms with E-state index < -0.39 is 23.9 Å². The molecule has 2 amide bonds. The molecule has 0 saturated heterocycles. The molecule has 1 aromatic carbocycles. The molecule has 0 aliphatic heterocycles. The maximum Gasteiger partial charge on any atom is 0.342 e. The summed E-state index contributed by atoms with van der Waals surface area (Å²) in [5, 5.41) is 14.3. The van der Waals surface area contributed by atoms with Crippen LogP contribution in [0.4, 0.5) is 5.00 Å². The molecular formula is C16H15BrN2O5S. The summed E-state index contributed by atoms with van der Waals surface area (Å²) in [6.07, 6.45) is -1.14. The van der Waals surface area contributed by atoms with E-state index in [9.17, 15) is 19.5 Å². The van der Waals surface area contributed by atoms with E-state index in [-0.39, 0.29) is 21.9 Å². The Morgan fingerprint density at radius 2 is 2.00 bits per heavy atom. The summed E-state index contributed by atoms with van der Waals surface area (Å²) in [6.45, 7) is 3.13. The number of hydrogen-bond donors (Lipinski definition) is 3. The van der Waals surface area contributed by atoms with Gasteiger partial charge in [-0.3, -0.25) is 9.59 Å². The van der Waals surface area contributed by atoms with Gasteiger partial charge in [-0.05, 0) is 58.9 Å². The molecule has 1 unspecified atom stereocenters. The Hall–Kier alpha value is -2.39. The van der Waals surface area contributed by atoms with Crippen LogP contribution in [0.2, 0.25) is 0 Å². The van der Waals surface area contributed by atoms with E-state index in [1.165, 1.54) is 19.1 Å². The summed E-state index contributed by atoms with van der Waals surface area (Å²) < 4.78 is 5.44. The van der Waals surface area contributed by atoms with Gasteiger partial charge in [-0.25, -0.2) is 4.79 Å². The smallest absolute Gasteiger partial charge is 0.342 e. The third-order valence-electron chi connectivity index (χ3n) is 3.25. The summed E-state index contributed by atoms with van der Waals surface area (Å²) in [6, 6.07) is 4.59. The molecule has 0 radical (unpaired) electrons. The first-order valence-corrected chi connectivity index (χ1v) is 8.76. The summed E-state index contributed by atoms with van der Waals surface area (Å²) >= 11 is 4.27. The van der Waals surface area contributed by atoms with Crippen molar-refractivity contribution in [1.82, 2.24) is 0 Å². The minimum Gasteiger partial charge on any atom is -0.506 e. The number of primary amides is 1. The number of ether oxygens (including phenoxy) is 1. The van der Waals surface area contributed by atoms with Crippen LogP contribution in [0.15, 0.2) is 28.1 Å². The number of aryl methyl sites for hydroxylation is 1. The van der Waals surface area contributed by atoms with Crippen molar-refractivity contribution in [3.8, 4) is 5.75 Å². The lowest BCUT2D eigenvalue weighted by atomic mass is 10.1. The summed E-state index contributed by atoms with van der Waals surface area (Å²) in [5.74, 6) is -2.40. The molecule has 0 fully saturated rings.